The summed E-state index contributed by atoms with van der Waals surface area (Å²) in [6, 6.07) is 17.2. The molecule has 0 bridgehead atoms. The molecule has 0 unspecified atom stereocenters. The van der Waals surface area contributed by atoms with Crippen LogP contribution in [0.5, 0.6) is 11.5 Å². The molecule has 7 nitrogen and oxygen atoms in total. The molecule has 0 amide bonds. The number of thioether (sulfide) groups is 1. The molecule has 0 aliphatic rings. The van der Waals surface area contributed by atoms with E-state index in [1.165, 1.54) is 11.8 Å². The van der Waals surface area contributed by atoms with E-state index in [4.69, 9.17) is 14.0 Å². The Bertz CT molecular complexity index is 1150. The molecule has 0 saturated carbocycles. The first-order valence-corrected chi connectivity index (χ1v) is 10.7. The molecule has 30 heavy (non-hydrogen) atoms. The molecule has 4 rings (SSSR count). The average Bonchev–Trinajstić information content (AvgIpc) is 3.27. The lowest BCUT2D eigenvalue weighted by Crippen LogP contribution is -1.93. The van der Waals surface area contributed by atoms with Crippen molar-refractivity contribution in [1.29, 1.82) is 0 Å². The van der Waals surface area contributed by atoms with Gasteiger partial charge in [-0.2, -0.15) is 4.98 Å². The zero-order valence-electron chi connectivity index (χ0n) is 16.2. The van der Waals surface area contributed by atoms with Gasteiger partial charge in [-0.3, -0.25) is 0 Å². The van der Waals surface area contributed by atoms with Crippen molar-refractivity contribution in [2.24, 2.45) is 0 Å². The summed E-state index contributed by atoms with van der Waals surface area (Å²) in [6.07, 6.45) is 0. The van der Waals surface area contributed by atoms with Crippen LogP contribution in [0, 0.1) is 0 Å². The first-order valence-electron chi connectivity index (χ1n) is 8.93. The third-order valence-electron chi connectivity index (χ3n) is 4.21. The van der Waals surface area contributed by atoms with Gasteiger partial charge in [-0.15, -0.1) is 10.2 Å². The average molecular weight is 485 g/mol. The Morgan fingerprint density at radius 1 is 0.933 bits per heavy atom. The van der Waals surface area contributed by atoms with E-state index < -0.39 is 0 Å². The maximum Gasteiger partial charge on any atom is 0.237 e. The molecule has 2 heterocycles. The van der Waals surface area contributed by atoms with Crippen LogP contribution >= 0.6 is 27.7 Å². The van der Waals surface area contributed by atoms with E-state index in [2.05, 4.69) is 36.3 Å². The second-order valence-corrected chi connectivity index (χ2v) is 8.05. The first kappa shape index (κ1) is 20.4. The van der Waals surface area contributed by atoms with Crippen LogP contribution in [0.15, 0.2) is 68.6 Å². The highest BCUT2D eigenvalue weighted by Gasteiger charge is 2.11. The highest BCUT2D eigenvalue weighted by Crippen LogP contribution is 2.32. The standard InChI is InChI=1S/C21H17BrN4O3S/c1-27-17-8-6-13(11-18(17)28-2)16-7-9-20(25-24-16)30-12-19-23-21(26-29-19)14-4-3-5-15(22)10-14/h3-11H,12H2,1-2H3. The second-order valence-electron chi connectivity index (χ2n) is 6.14. The lowest BCUT2D eigenvalue weighted by molar-refractivity contribution is 0.355. The van der Waals surface area contributed by atoms with Gasteiger partial charge in [0.15, 0.2) is 11.5 Å². The molecule has 0 fully saturated rings. The summed E-state index contributed by atoms with van der Waals surface area (Å²) in [5.41, 5.74) is 2.53. The number of nitrogens with zero attached hydrogens (tertiary/aromatic N) is 4. The summed E-state index contributed by atoms with van der Waals surface area (Å²) in [6.45, 7) is 0. The van der Waals surface area contributed by atoms with Gasteiger partial charge >= 0.3 is 0 Å². The Hall–Kier alpha value is -2.91. The number of hydrogen-bond acceptors (Lipinski definition) is 8. The van der Waals surface area contributed by atoms with Crippen LogP contribution in [-0.2, 0) is 5.75 Å². The topological polar surface area (TPSA) is 83.2 Å². The summed E-state index contributed by atoms with van der Waals surface area (Å²) in [7, 11) is 3.21. The minimum absolute atomic E-state index is 0.505. The summed E-state index contributed by atoms with van der Waals surface area (Å²) in [5.74, 6) is 2.91. The molecule has 9 heteroatoms. The van der Waals surface area contributed by atoms with Crippen molar-refractivity contribution in [1.82, 2.24) is 20.3 Å². The SMILES string of the molecule is COc1ccc(-c2ccc(SCc3nc(-c4cccc(Br)c4)no3)nn2)cc1OC. The maximum absolute atomic E-state index is 5.35. The van der Waals surface area contributed by atoms with Crippen LogP contribution in [0.1, 0.15) is 5.89 Å². The van der Waals surface area contributed by atoms with Crippen molar-refractivity contribution in [3.05, 3.63) is 65.0 Å². The molecular weight excluding hydrogens is 468 g/mol. The Morgan fingerprint density at radius 2 is 1.80 bits per heavy atom. The Kier molecular flexibility index (Phi) is 6.29. The van der Waals surface area contributed by atoms with Crippen LogP contribution < -0.4 is 9.47 Å². The quantitative estimate of drug-likeness (QED) is 0.328. The molecule has 0 N–H and O–H groups in total. The van der Waals surface area contributed by atoms with Gasteiger partial charge in [-0.05, 0) is 42.5 Å². The van der Waals surface area contributed by atoms with Gasteiger partial charge in [-0.25, -0.2) is 0 Å². The molecule has 0 radical (unpaired) electrons. The fourth-order valence-corrected chi connectivity index (χ4v) is 3.79. The van der Waals surface area contributed by atoms with Gasteiger partial charge in [0.25, 0.3) is 0 Å². The zero-order valence-corrected chi connectivity index (χ0v) is 18.6. The smallest absolute Gasteiger partial charge is 0.237 e. The molecule has 0 spiro atoms. The van der Waals surface area contributed by atoms with Gasteiger partial charge in [-0.1, -0.05) is 45.0 Å². The van der Waals surface area contributed by atoms with Crippen molar-refractivity contribution in [2.45, 2.75) is 10.8 Å². The second kappa shape index (κ2) is 9.27. The number of ether oxygens (including phenoxy) is 2. The van der Waals surface area contributed by atoms with E-state index in [0.29, 0.717) is 29.0 Å². The van der Waals surface area contributed by atoms with Gasteiger partial charge in [0.2, 0.25) is 11.7 Å². The van der Waals surface area contributed by atoms with Crippen LogP contribution in [0.2, 0.25) is 0 Å². The van der Waals surface area contributed by atoms with E-state index in [0.717, 1.165) is 26.3 Å². The fourth-order valence-electron chi connectivity index (χ4n) is 2.74. The molecule has 4 aromatic rings. The number of halogens is 1. The van der Waals surface area contributed by atoms with E-state index in [1.54, 1.807) is 14.2 Å². The lowest BCUT2D eigenvalue weighted by Gasteiger charge is -2.09. The van der Waals surface area contributed by atoms with Crippen LogP contribution in [0.4, 0.5) is 0 Å². The highest BCUT2D eigenvalue weighted by atomic mass is 79.9. The normalized spacial score (nSPS) is 10.8. The zero-order chi connectivity index (χ0) is 20.9. The third-order valence-corrected chi connectivity index (χ3v) is 5.61. The van der Waals surface area contributed by atoms with Gasteiger partial charge in [0.1, 0.15) is 5.03 Å². The lowest BCUT2D eigenvalue weighted by atomic mass is 10.1. The van der Waals surface area contributed by atoms with Crippen molar-refractivity contribution >= 4 is 27.7 Å². The predicted molar refractivity (Wildman–Crippen MR) is 118 cm³/mol. The van der Waals surface area contributed by atoms with E-state index in [-0.39, 0.29) is 0 Å². The largest absolute Gasteiger partial charge is 0.493 e. The van der Waals surface area contributed by atoms with Crippen molar-refractivity contribution in [3.8, 4) is 34.1 Å². The third kappa shape index (κ3) is 4.63. The van der Waals surface area contributed by atoms with Gasteiger partial charge < -0.3 is 14.0 Å². The van der Waals surface area contributed by atoms with Gasteiger partial charge in [0.05, 0.1) is 25.7 Å². The molecule has 2 aromatic heterocycles. The Balaban J connectivity index is 1.42. The molecular formula is C21H17BrN4O3S. The Labute approximate surface area is 186 Å². The van der Waals surface area contributed by atoms with Crippen molar-refractivity contribution in [2.75, 3.05) is 14.2 Å². The molecule has 0 aliphatic heterocycles. The van der Waals surface area contributed by atoms with Crippen LogP contribution in [0.3, 0.4) is 0 Å². The van der Waals surface area contributed by atoms with Crippen molar-refractivity contribution in [3.63, 3.8) is 0 Å². The monoisotopic (exact) mass is 484 g/mol. The summed E-state index contributed by atoms with van der Waals surface area (Å²) >= 11 is 4.93. The molecule has 2 aromatic carbocycles. The number of benzene rings is 2. The van der Waals surface area contributed by atoms with Gasteiger partial charge in [0, 0.05) is 15.6 Å². The molecule has 0 aliphatic carbocycles. The molecule has 0 atom stereocenters. The minimum atomic E-state index is 0.505. The fraction of sp³-hybridized carbons (Fsp3) is 0.143. The van der Waals surface area contributed by atoms with E-state index in [1.807, 2.05) is 54.6 Å². The van der Waals surface area contributed by atoms with E-state index in [9.17, 15) is 0 Å². The summed E-state index contributed by atoms with van der Waals surface area (Å²) < 4.78 is 16.9. The first-order chi connectivity index (χ1) is 14.7. The molecule has 152 valence electrons. The highest BCUT2D eigenvalue weighted by molar-refractivity contribution is 9.10. The van der Waals surface area contributed by atoms with E-state index >= 15 is 0 Å². The van der Waals surface area contributed by atoms with Crippen molar-refractivity contribution < 1.29 is 14.0 Å². The molecule has 0 saturated heterocycles. The number of aromatic nitrogens is 4. The van der Waals surface area contributed by atoms with Crippen LogP contribution in [-0.4, -0.2) is 34.6 Å². The minimum Gasteiger partial charge on any atom is -0.493 e. The predicted octanol–water partition coefficient (Wildman–Crippen LogP) is 5.27. The number of rotatable bonds is 7. The summed E-state index contributed by atoms with van der Waals surface area (Å²) in [4.78, 5) is 4.44. The number of hydrogen-bond donors (Lipinski definition) is 0. The Morgan fingerprint density at radius 3 is 2.53 bits per heavy atom. The van der Waals surface area contributed by atoms with Crippen LogP contribution in [0.25, 0.3) is 22.6 Å². The number of methoxy groups -OCH3 is 2. The summed E-state index contributed by atoms with van der Waals surface area (Å²) in [5, 5.41) is 13.4. The maximum atomic E-state index is 5.35.